The van der Waals surface area contributed by atoms with Crippen molar-refractivity contribution in [3.8, 4) is 0 Å². The van der Waals surface area contributed by atoms with E-state index in [2.05, 4.69) is 5.10 Å². The zero-order valence-corrected chi connectivity index (χ0v) is 15.5. The zero-order chi connectivity index (χ0) is 20.6. The molecule has 1 aromatic carbocycles. The molecule has 0 unspecified atom stereocenters. The summed E-state index contributed by atoms with van der Waals surface area (Å²) in [7, 11) is 0. The van der Waals surface area contributed by atoms with Crippen molar-refractivity contribution in [2.45, 2.75) is 46.0 Å². The third kappa shape index (κ3) is 4.18. The number of rotatable bonds is 4. The fourth-order valence-corrected chi connectivity index (χ4v) is 3.48. The summed E-state index contributed by atoms with van der Waals surface area (Å²) in [6, 6.07) is 4.87. The average molecular weight is 395 g/mol. The number of benzene rings is 1. The molecule has 1 aromatic heterocycles. The number of aromatic carboxylic acids is 1. The average Bonchev–Trinajstić information content (AvgIpc) is 2.86. The number of carboxylic acids is 1. The van der Waals surface area contributed by atoms with Crippen molar-refractivity contribution in [1.82, 2.24) is 14.7 Å². The van der Waals surface area contributed by atoms with Crippen molar-refractivity contribution in [2.75, 3.05) is 6.54 Å². The number of halogens is 3. The summed E-state index contributed by atoms with van der Waals surface area (Å²) in [4.78, 5) is 25.5. The van der Waals surface area contributed by atoms with Crippen LogP contribution in [0.25, 0.3) is 0 Å². The number of amides is 1. The number of aryl methyl sites for hydroxylation is 1. The van der Waals surface area contributed by atoms with Gasteiger partial charge in [0.05, 0.1) is 17.7 Å². The van der Waals surface area contributed by atoms with Gasteiger partial charge in [-0.25, -0.2) is 4.79 Å². The molecular formula is C19H20F3N3O3. The molecule has 2 aromatic rings. The number of carbonyl (C=O) groups is 2. The largest absolute Gasteiger partial charge is 0.478 e. The van der Waals surface area contributed by atoms with Gasteiger partial charge in [-0.2, -0.15) is 18.3 Å². The normalized spacial score (nSPS) is 14.1. The van der Waals surface area contributed by atoms with Gasteiger partial charge in [0.15, 0.2) is 0 Å². The molecule has 1 amide bonds. The maximum absolute atomic E-state index is 12.7. The van der Waals surface area contributed by atoms with E-state index in [4.69, 9.17) is 5.11 Å². The van der Waals surface area contributed by atoms with E-state index in [0.717, 1.165) is 15.8 Å². The Morgan fingerprint density at radius 1 is 1.21 bits per heavy atom. The summed E-state index contributed by atoms with van der Waals surface area (Å²) in [5.74, 6) is -1.25. The first-order valence-electron chi connectivity index (χ1n) is 8.77. The molecule has 2 heterocycles. The smallest absolute Gasteiger partial charge is 0.408 e. The molecular weight excluding hydrogens is 375 g/mol. The summed E-state index contributed by atoms with van der Waals surface area (Å²) in [6.45, 7) is 2.69. The van der Waals surface area contributed by atoms with Crippen molar-refractivity contribution in [2.24, 2.45) is 0 Å². The van der Waals surface area contributed by atoms with Crippen LogP contribution in [0.1, 0.15) is 38.4 Å². The first-order chi connectivity index (χ1) is 13.0. The number of fused-ring (bicyclic) bond motifs is 1. The number of aromatic nitrogens is 2. The van der Waals surface area contributed by atoms with Gasteiger partial charge < -0.3 is 10.0 Å². The molecule has 6 nitrogen and oxygen atoms in total. The maximum Gasteiger partial charge on any atom is 0.408 e. The summed E-state index contributed by atoms with van der Waals surface area (Å²) in [5, 5.41) is 13.1. The lowest BCUT2D eigenvalue weighted by Gasteiger charge is -2.29. The van der Waals surface area contributed by atoms with Gasteiger partial charge in [-0.05, 0) is 43.5 Å². The lowest BCUT2D eigenvalue weighted by atomic mass is 9.97. The van der Waals surface area contributed by atoms with Gasteiger partial charge in [0.1, 0.15) is 6.54 Å². The highest BCUT2D eigenvalue weighted by Crippen LogP contribution is 2.24. The van der Waals surface area contributed by atoms with E-state index in [1.54, 1.807) is 30.0 Å². The van der Waals surface area contributed by atoms with Gasteiger partial charge in [0.25, 0.3) is 0 Å². The monoisotopic (exact) mass is 395 g/mol. The molecule has 1 N–H and O–H groups in total. The maximum atomic E-state index is 12.7. The van der Waals surface area contributed by atoms with E-state index in [-0.39, 0.29) is 24.4 Å². The van der Waals surface area contributed by atoms with Crippen molar-refractivity contribution in [1.29, 1.82) is 0 Å². The van der Waals surface area contributed by atoms with Crippen LogP contribution in [0.4, 0.5) is 13.2 Å². The number of carboxylic acid groups (broad SMARTS) is 1. The predicted molar refractivity (Wildman–Crippen MR) is 94.0 cm³/mol. The van der Waals surface area contributed by atoms with Crippen LogP contribution < -0.4 is 0 Å². The minimum Gasteiger partial charge on any atom is -0.478 e. The Balaban J connectivity index is 1.76. The summed E-state index contributed by atoms with van der Waals surface area (Å²) in [5.41, 5.74) is 3.17. The van der Waals surface area contributed by atoms with E-state index in [1.165, 1.54) is 6.92 Å². The van der Waals surface area contributed by atoms with E-state index >= 15 is 0 Å². The number of hydrogen-bond acceptors (Lipinski definition) is 3. The van der Waals surface area contributed by atoms with E-state index < -0.39 is 18.7 Å². The molecule has 0 atom stereocenters. The molecule has 0 spiro atoms. The molecule has 1 aliphatic rings. The van der Waals surface area contributed by atoms with Gasteiger partial charge in [0, 0.05) is 24.3 Å². The summed E-state index contributed by atoms with van der Waals surface area (Å²) < 4.78 is 38.9. The Hall–Kier alpha value is -2.84. The standard InChI is InChI=1S/C19H20F3N3O3/c1-11-16(12(2)25(23-11)10-19(20,21)22)8-17(26)24-6-5-13-3-4-14(18(27)28)7-15(13)9-24/h3-4,7H,5-6,8-10H2,1-2H3,(H,27,28). The Morgan fingerprint density at radius 3 is 2.57 bits per heavy atom. The molecule has 150 valence electrons. The second-order valence-corrected chi connectivity index (χ2v) is 6.95. The van der Waals surface area contributed by atoms with Crippen molar-refractivity contribution < 1.29 is 27.9 Å². The van der Waals surface area contributed by atoms with Gasteiger partial charge >= 0.3 is 12.1 Å². The van der Waals surface area contributed by atoms with E-state index in [9.17, 15) is 22.8 Å². The molecule has 0 saturated heterocycles. The Bertz CT molecular complexity index is 934. The number of alkyl halides is 3. The second kappa shape index (κ2) is 7.29. The lowest BCUT2D eigenvalue weighted by molar-refractivity contribution is -0.143. The summed E-state index contributed by atoms with van der Waals surface area (Å²) in [6.07, 6.45) is -3.82. The van der Waals surface area contributed by atoms with Crippen LogP contribution in [0.5, 0.6) is 0 Å². The SMILES string of the molecule is Cc1nn(CC(F)(F)F)c(C)c1CC(=O)N1CCc2ccc(C(=O)O)cc2C1. The Kier molecular flexibility index (Phi) is 5.18. The van der Waals surface area contributed by atoms with Gasteiger partial charge in [-0.15, -0.1) is 0 Å². The fraction of sp³-hybridized carbons (Fsp3) is 0.421. The zero-order valence-electron chi connectivity index (χ0n) is 15.5. The van der Waals surface area contributed by atoms with Crippen LogP contribution in [0, 0.1) is 13.8 Å². The van der Waals surface area contributed by atoms with Crippen LogP contribution >= 0.6 is 0 Å². The van der Waals surface area contributed by atoms with Gasteiger partial charge in [0.2, 0.25) is 5.91 Å². The highest BCUT2D eigenvalue weighted by Gasteiger charge is 2.31. The van der Waals surface area contributed by atoms with Gasteiger partial charge in [-0.1, -0.05) is 6.07 Å². The van der Waals surface area contributed by atoms with Gasteiger partial charge in [-0.3, -0.25) is 9.48 Å². The second-order valence-electron chi connectivity index (χ2n) is 6.95. The van der Waals surface area contributed by atoms with Crippen LogP contribution in [0.15, 0.2) is 18.2 Å². The topological polar surface area (TPSA) is 75.4 Å². The minimum absolute atomic E-state index is 0.0382. The first kappa shape index (κ1) is 19.9. The highest BCUT2D eigenvalue weighted by atomic mass is 19.4. The number of hydrogen-bond donors (Lipinski definition) is 1. The Labute approximate surface area is 159 Å². The molecule has 0 bridgehead atoms. The molecule has 0 aliphatic carbocycles. The molecule has 0 saturated carbocycles. The molecule has 1 aliphatic heterocycles. The third-order valence-corrected chi connectivity index (χ3v) is 5.01. The van der Waals surface area contributed by atoms with Crippen LogP contribution in [-0.4, -0.2) is 44.4 Å². The van der Waals surface area contributed by atoms with E-state index in [0.29, 0.717) is 29.9 Å². The van der Waals surface area contributed by atoms with Crippen LogP contribution in [0.2, 0.25) is 0 Å². The van der Waals surface area contributed by atoms with E-state index in [1.807, 2.05) is 0 Å². The fourth-order valence-electron chi connectivity index (χ4n) is 3.48. The van der Waals surface area contributed by atoms with Crippen molar-refractivity contribution in [3.63, 3.8) is 0 Å². The number of nitrogens with zero attached hydrogens (tertiary/aromatic N) is 3. The lowest BCUT2D eigenvalue weighted by Crippen LogP contribution is -2.37. The molecule has 28 heavy (non-hydrogen) atoms. The molecule has 0 fully saturated rings. The number of carbonyl (C=O) groups excluding carboxylic acids is 1. The van der Waals surface area contributed by atoms with Crippen LogP contribution in [-0.2, 0) is 30.7 Å². The first-order valence-corrected chi connectivity index (χ1v) is 8.77. The predicted octanol–water partition coefficient (Wildman–Crippen LogP) is 2.89. The third-order valence-electron chi connectivity index (χ3n) is 5.01. The molecule has 0 radical (unpaired) electrons. The van der Waals surface area contributed by atoms with Crippen molar-refractivity contribution in [3.05, 3.63) is 51.8 Å². The minimum atomic E-state index is -4.39. The Morgan fingerprint density at radius 2 is 1.93 bits per heavy atom. The van der Waals surface area contributed by atoms with Crippen LogP contribution in [0.3, 0.4) is 0 Å². The molecule has 9 heteroatoms. The van der Waals surface area contributed by atoms with Crippen molar-refractivity contribution >= 4 is 11.9 Å². The quantitative estimate of drug-likeness (QED) is 0.864. The highest BCUT2D eigenvalue weighted by molar-refractivity contribution is 5.88. The molecule has 3 rings (SSSR count). The summed E-state index contributed by atoms with van der Waals surface area (Å²) >= 11 is 0.